The Morgan fingerprint density at radius 2 is 2.14 bits per heavy atom. The number of aromatic amines is 1. The summed E-state index contributed by atoms with van der Waals surface area (Å²) in [5.74, 6) is 0.520. The van der Waals surface area contributed by atoms with E-state index in [9.17, 15) is 9.59 Å². The van der Waals surface area contributed by atoms with E-state index in [1.807, 2.05) is 24.6 Å². The zero-order chi connectivity index (χ0) is 19.8. The Kier molecular flexibility index (Phi) is 4.26. The molecule has 0 saturated carbocycles. The Morgan fingerprint density at radius 3 is 2.86 bits per heavy atom. The molecule has 0 atom stereocenters. The number of methoxy groups -OCH3 is 1. The van der Waals surface area contributed by atoms with E-state index in [2.05, 4.69) is 25.4 Å². The van der Waals surface area contributed by atoms with Crippen LogP contribution in [0.4, 0.5) is 0 Å². The van der Waals surface area contributed by atoms with Crippen LogP contribution in [0.25, 0.3) is 33.5 Å². The third-order valence-corrected chi connectivity index (χ3v) is 4.53. The van der Waals surface area contributed by atoms with Crippen LogP contribution in [0.15, 0.2) is 24.4 Å². The monoisotopic (exact) mass is 378 g/mol. The number of hydrogen-bond acceptors (Lipinski definition) is 6. The van der Waals surface area contributed by atoms with Crippen molar-refractivity contribution < 1.29 is 14.3 Å². The van der Waals surface area contributed by atoms with Crippen molar-refractivity contribution in [3.63, 3.8) is 0 Å². The van der Waals surface area contributed by atoms with Gasteiger partial charge in [-0.3, -0.25) is 19.6 Å². The van der Waals surface area contributed by atoms with E-state index >= 15 is 0 Å². The third kappa shape index (κ3) is 2.77. The van der Waals surface area contributed by atoms with E-state index in [1.54, 1.807) is 18.3 Å². The van der Waals surface area contributed by atoms with Gasteiger partial charge in [-0.15, -0.1) is 0 Å². The van der Waals surface area contributed by atoms with Gasteiger partial charge in [0.05, 0.1) is 18.3 Å². The van der Waals surface area contributed by atoms with Crippen LogP contribution in [-0.2, 0) is 11.3 Å². The molecule has 0 aliphatic rings. The number of nitrogens with zero attached hydrogens (tertiary/aromatic N) is 4. The maximum Gasteiger partial charge on any atom is 0.257 e. The fraction of sp³-hybridized carbons (Fsp3) is 0.211. The Bertz CT molecular complexity index is 1220. The molecule has 28 heavy (non-hydrogen) atoms. The van der Waals surface area contributed by atoms with Crippen LogP contribution in [-0.4, -0.2) is 44.2 Å². The van der Waals surface area contributed by atoms with Gasteiger partial charge in [0.25, 0.3) is 5.91 Å². The number of rotatable bonds is 5. The number of hydrogen-bond donors (Lipinski definition) is 2. The van der Waals surface area contributed by atoms with Crippen molar-refractivity contribution >= 4 is 34.3 Å². The summed E-state index contributed by atoms with van der Waals surface area (Å²) < 4.78 is 7.27. The number of imide groups is 1. The van der Waals surface area contributed by atoms with Crippen LogP contribution >= 0.6 is 0 Å². The molecule has 4 aromatic rings. The standard InChI is InChI=1S/C19H18N6O3/c1-4-25-14(5-10(2)24-25)18-20-8-13-12-6-11(19(27)21-9-26)7-15(28-3)16(12)22-17(13)23-18/h5-9H,4H2,1-3H3,(H,20,22,23)(H,21,26,27). The molecule has 9 nitrogen and oxygen atoms in total. The van der Waals surface area contributed by atoms with E-state index in [-0.39, 0.29) is 0 Å². The molecule has 3 heterocycles. The molecule has 0 fully saturated rings. The first-order chi connectivity index (χ1) is 13.5. The summed E-state index contributed by atoms with van der Waals surface area (Å²) in [4.78, 5) is 35.1. The molecule has 2 amide bonds. The second-order valence-corrected chi connectivity index (χ2v) is 6.26. The largest absolute Gasteiger partial charge is 0.495 e. The fourth-order valence-corrected chi connectivity index (χ4v) is 3.27. The smallest absolute Gasteiger partial charge is 0.257 e. The van der Waals surface area contributed by atoms with E-state index in [1.165, 1.54) is 7.11 Å². The molecule has 2 N–H and O–H groups in total. The Balaban J connectivity index is 1.92. The van der Waals surface area contributed by atoms with E-state index in [0.717, 1.165) is 22.2 Å². The van der Waals surface area contributed by atoms with Crippen LogP contribution < -0.4 is 10.1 Å². The second kappa shape index (κ2) is 6.76. The summed E-state index contributed by atoms with van der Waals surface area (Å²) in [5, 5.41) is 8.06. The fourth-order valence-electron chi connectivity index (χ4n) is 3.27. The van der Waals surface area contributed by atoms with Crippen LogP contribution in [0.5, 0.6) is 5.75 Å². The lowest BCUT2D eigenvalue weighted by atomic mass is 10.1. The lowest BCUT2D eigenvalue weighted by molar-refractivity contribution is -0.108. The maximum atomic E-state index is 12.1. The highest BCUT2D eigenvalue weighted by Crippen LogP contribution is 2.33. The number of fused-ring (bicyclic) bond motifs is 3. The number of nitrogens with one attached hydrogen (secondary N) is 2. The minimum absolute atomic E-state index is 0.307. The lowest BCUT2D eigenvalue weighted by Crippen LogP contribution is -2.21. The van der Waals surface area contributed by atoms with Gasteiger partial charge in [0.15, 0.2) is 5.82 Å². The van der Waals surface area contributed by atoms with E-state index in [0.29, 0.717) is 41.3 Å². The van der Waals surface area contributed by atoms with Gasteiger partial charge in [-0.1, -0.05) is 0 Å². The molecule has 9 heteroatoms. The number of ether oxygens (including phenoxy) is 1. The first kappa shape index (κ1) is 17.7. The topological polar surface area (TPSA) is 115 Å². The average molecular weight is 378 g/mol. The summed E-state index contributed by atoms with van der Waals surface area (Å²) in [6.45, 7) is 4.64. The van der Waals surface area contributed by atoms with Gasteiger partial charge < -0.3 is 9.72 Å². The van der Waals surface area contributed by atoms with Gasteiger partial charge in [-0.05, 0) is 32.0 Å². The molecule has 142 valence electrons. The number of aromatic nitrogens is 5. The van der Waals surface area contributed by atoms with Crippen molar-refractivity contribution in [3.05, 3.63) is 35.7 Å². The van der Waals surface area contributed by atoms with Crippen molar-refractivity contribution in [2.24, 2.45) is 0 Å². The van der Waals surface area contributed by atoms with Crippen LogP contribution in [0, 0.1) is 6.92 Å². The van der Waals surface area contributed by atoms with Crippen LogP contribution in [0.3, 0.4) is 0 Å². The van der Waals surface area contributed by atoms with E-state index in [4.69, 9.17) is 4.74 Å². The number of carbonyl (C=O) groups excluding carboxylic acids is 2. The molecule has 0 unspecified atom stereocenters. The SMILES string of the molecule is CCn1nc(C)cc1-c1ncc2c(n1)[nH]c1c(OC)cc(C(=O)NC=O)cc12. The molecule has 0 saturated heterocycles. The zero-order valence-electron chi connectivity index (χ0n) is 15.6. The van der Waals surface area contributed by atoms with Gasteiger partial charge in [-0.2, -0.15) is 5.10 Å². The Hall–Kier alpha value is -3.75. The molecule has 4 rings (SSSR count). The minimum atomic E-state index is -0.510. The number of H-pyrrole nitrogens is 1. The molecule has 0 aliphatic heterocycles. The van der Waals surface area contributed by atoms with Gasteiger partial charge in [-0.25, -0.2) is 9.97 Å². The summed E-state index contributed by atoms with van der Waals surface area (Å²) >= 11 is 0. The number of amides is 2. The molecule has 3 aromatic heterocycles. The van der Waals surface area contributed by atoms with Crippen molar-refractivity contribution in [2.75, 3.05) is 7.11 Å². The highest BCUT2D eigenvalue weighted by atomic mass is 16.5. The molecular weight excluding hydrogens is 360 g/mol. The van der Waals surface area contributed by atoms with Crippen molar-refractivity contribution in [3.8, 4) is 17.3 Å². The normalized spacial score (nSPS) is 11.1. The highest BCUT2D eigenvalue weighted by molar-refractivity contribution is 6.12. The van der Waals surface area contributed by atoms with Gasteiger partial charge in [0.2, 0.25) is 6.41 Å². The Morgan fingerprint density at radius 1 is 1.32 bits per heavy atom. The van der Waals surface area contributed by atoms with Crippen LogP contribution in [0.2, 0.25) is 0 Å². The molecule has 0 spiro atoms. The summed E-state index contributed by atoms with van der Waals surface area (Å²) in [5.41, 5.74) is 3.35. The minimum Gasteiger partial charge on any atom is -0.495 e. The molecule has 1 aromatic carbocycles. The van der Waals surface area contributed by atoms with E-state index < -0.39 is 5.91 Å². The molecule has 0 aliphatic carbocycles. The maximum absolute atomic E-state index is 12.1. The predicted octanol–water partition coefficient (Wildman–Crippen LogP) is 2.20. The first-order valence-electron chi connectivity index (χ1n) is 8.71. The van der Waals surface area contributed by atoms with Crippen LogP contribution in [0.1, 0.15) is 23.0 Å². The van der Waals surface area contributed by atoms with Gasteiger partial charge in [0, 0.05) is 29.1 Å². The predicted molar refractivity (Wildman–Crippen MR) is 103 cm³/mol. The summed E-state index contributed by atoms with van der Waals surface area (Å²) in [6.07, 6.45) is 2.06. The first-order valence-corrected chi connectivity index (χ1v) is 8.71. The number of carbonyl (C=O) groups is 2. The zero-order valence-corrected chi connectivity index (χ0v) is 15.6. The second-order valence-electron chi connectivity index (χ2n) is 6.26. The average Bonchev–Trinajstić information content (AvgIpc) is 3.26. The highest BCUT2D eigenvalue weighted by Gasteiger charge is 2.17. The van der Waals surface area contributed by atoms with Crippen molar-refractivity contribution in [1.82, 2.24) is 30.0 Å². The quantitative estimate of drug-likeness (QED) is 0.515. The van der Waals surface area contributed by atoms with Gasteiger partial charge >= 0.3 is 0 Å². The van der Waals surface area contributed by atoms with Crippen molar-refractivity contribution in [2.45, 2.75) is 20.4 Å². The third-order valence-electron chi connectivity index (χ3n) is 4.53. The Labute approximate surface area is 159 Å². The molecule has 0 radical (unpaired) electrons. The summed E-state index contributed by atoms with van der Waals surface area (Å²) in [6, 6.07) is 5.19. The number of benzene rings is 1. The molecule has 0 bridgehead atoms. The number of aryl methyl sites for hydroxylation is 2. The lowest BCUT2D eigenvalue weighted by Gasteiger charge is -2.05. The van der Waals surface area contributed by atoms with Gasteiger partial charge in [0.1, 0.15) is 17.1 Å². The van der Waals surface area contributed by atoms with Crippen molar-refractivity contribution in [1.29, 1.82) is 0 Å². The summed E-state index contributed by atoms with van der Waals surface area (Å²) in [7, 11) is 1.52. The molecular formula is C19H18N6O3.